The molecule has 6 aromatic carbocycles. The highest BCUT2D eigenvalue weighted by atomic mass is 16.5. The predicted octanol–water partition coefficient (Wildman–Crippen LogP) is 18.6. The number of ether oxygens (including phenoxy) is 6. The Morgan fingerprint density at radius 2 is 0.523 bits per heavy atom. The zero-order chi connectivity index (χ0) is 61.9. The minimum Gasteiger partial charge on any atom is -0.493 e. The molecule has 6 aromatic rings. The van der Waals surface area contributed by atoms with Gasteiger partial charge >= 0.3 is 0 Å². The average molecular weight is 1210 g/mol. The maximum absolute atomic E-state index is 14.2. The normalized spacial score (nSPS) is 11.3. The number of hydrogen-bond acceptors (Lipinski definition) is 9. The van der Waals surface area contributed by atoms with E-state index in [4.69, 9.17) is 28.4 Å². The Balaban J connectivity index is 0.994. The van der Waals surface area contributed by atoms with Gasteiger partial charge in [0.15, 0.2) is 19.8 Å². The number of hydrogen-bond donors (Lipinski definition) is 2. The molecule has 0 aliphatic heterocycles. The van der Waals surface area contributed by atoms with Crippen LogP contribution in [-0.4, -0.2) is 88.4 Å². The lowest BCUT2D eigenvalue weighted by Gasteiger charge is -2.23. The van der Waals surface area contributed by atoms with E-state index in [1.165, 1.54) is 154 Å². The average Bonchev–Trinajstić information content (AvgIpc) is 3.18. The molecule has 0 aliphatic carbocycles. The minimum absolute atomic E-state index is 0.150. The molecule has 0 aromatic heterocycles. The smallest absolute Gasteiger partial charge is 0.260 e. The lowest BCUT2D eigenvalue weighted by molar-refractivity contribution is -0.134. The van der Waals surface area contributed by atoms with Gasteiger partial charge in [-0.1, -0.05) is 267 Å². The molecule has 12 nitrogen and oxygen atoms in total. The van der Waals surface area contributed by atoms with Crippen molar-refractivity contribution in [2.45, 2.75) is 213 Å². The fourth-order valence-corrected chi connectivity index (χ4v) is 11.5. The van der Waals surface area contributed by atoms with Crippen molar-refractivity contribution in [2.24, 2.45) is 0 Å². The van der Waals surface area contributed by atoms with E-state index in [1.54, 1.807) is 4.90 Å². The van der Waals surface area contributed by atoms with E-state index in [-0.39, 0.29) is 63.7 Å². The SMILES string of the molecule is CCCCCCCCCCCCOc1cccc2c(OCC(=O)NCCN(CCNC(=O)COc3cccc4c(OCCCCCCCCCCCC)cccc34)C(=O)COc3cccc4c(OCCCCCCCCCCCC)cccc34)cccc12. The topological polar surface area (TPSA) is 134 Å². The van der Waals surface area contributed by atoms with Gasteiger partial charge in [0.25, 0.3) is 17.7 Å². The molecule has 0 fully saturated rings. The van der Waals surface area contributed by atoms with Crippen LogP contribution in [0.5, 0.6) is 34.5 Å². The fraction of sp³-hybridized carbons (Fsp3) is 0.566. The zero-order valence-corrected chi connectivity index (χ0v) is 54.3. The van der Waals surface area contributed by atoms with Gasteiger partial charge in [-0.3, -0.25) is 14.4 Å². The van der Waals surface area contributed by atoms with Crippen LogP contribution in [0.3, 0.4) is 0 Å². The molecule has 6 rings (SSSR count). The van der Waals surface area contributed by atoms with Crippen molar-refractivity contribution >= 4 is 50.0 Å². The van der Waals surface area contributed by atoms with Crippen molar-refractivity contribution < 1.29 is 42.8 Å². The summed E-state index contributed by atoms with van der Waals surface area (Å²) in [6.07, 6.45) is 37.9. The molecule has 0 heterocycles. The standard InChI is InChI=1S/C76H109N3O9/c1-4-7-10-13-16-19-22-25-28-31-56-83-68-46-34-43-65-62(68)40-37-49-71(65)86-59-74(80)77-52-54-79(76(82)61-88-73-51-39-42-64-67(73)45-36-48-70(64)85-58-33-30-27-24-21-18-15-12-9-6-3)55-53-78-75(81)60-87-72-50-38-41-63-66(72)44-35-47-69(63)84-57-32-29-26-23-20-17-14-11-8-5-2/h34-51H,4-33,52-61H2,1-3H3,(H,77,80)(H,78,81). The second kappa shape index (κ2) is 43.9. The number of nitrogens with zero attached hydrogens (tertiary/aromatic N) is 1. The van der Waals surface area contributed by atoms with Crippen LogP contribution in [0.15, 0.2) is 109 Å². The van der Waals surface area contributed by atoms with Crippen LogP contribution in [0.2, 0.25) is 0 Å². The summed E-state index contributed by atoms with van der Waals surface area (Å²) in [6.45, 7) is 8.66. The quantitative estimate of drug-likeness (QED) is 0.0358. The van der Waals surface area contributed by atoms with Crippen molar-refractivity contribution in [2.75, 3.05) is 65.8 Å². The molecular weight excluding hydrogens is 1100 g/mol. The van der Waals surface area contributed by atoms with Gasteiger partial charge in [0.2, 0.25) is 0 Å². The summed E-state index contributed by atoms with van der Waals surface area (Å²) in [6, 6.07) is 35.1. The Morgan fingerprint density at radius 1 is 0.295 bits per heavy atom. The maximum Gasteiger partial charge on any atom is 0.260 e. The lowest BCUT2D eigenvalue weighted by Crippen LogP contribution is -2.45. The predicted molar refractivity (Wildman–Crippen MR) is 363 cm³/mol. The van der Waals surface area contributed by atoms with Crippen LogP contribution in [0.1, 0.15) is 213 Å². The number of unbranched alkanes of at least 4 members (excludes halogenated alkanes) is 27. The maximum atomic E-state index is 14.2. The Hall–Kier alpha value is -6.69. The largest absolute Gasteiger partial charge is 0.493 e. The fourth-order valence-electron chi connectivity index (χ4n) is 11.5. The Morgan fingerprint density at radius 3 is 0.784 bits per heavy atom. The summed E-state index contributed by atoms with van der Waals surface area (Å²) < 4.78 is 37.4. The van der Waals surface area contributed by atoms with Crippen LogP contribution < -0.4 is 39.1 Å². The molecule has 0 spiro atoms. The molecular formula is C76H109N3O9. The highest BCUT2D eigenvalue weighted by Crippen LogP contribution is 2.35. The van der Waals surface area contributed by atoms with Gasteiger partial charge in [0.1, 0.15) is 34.5 Å². The van der Waals surface area contributed by atoms with Gasteiger partial charge in [0, 0.05) is 58.5 Å². The number of benzene rings is 6. The zero-order valence-electron chi connectivity index (χ0n) is 54.3. The Kier molecular flexibility index (Phi) is 35.1. The van der Waals surface area contributed by atoms with Crippen molar-refractivity contribution in [3.8, 4) is 34.5 Å². The van der Waals surface area contributed by atoms with Gasteiger partial charge in [-0.25, -0.2) is 0 Å². The molecule has 0 radical (unpaired) electrons. The van der Waals surface area contributed by atoms with Crippen LogP contribution in [0.25, 0.3) is 32.3 Å². The third kappa shape index (κ3) is 26.6. The Bertz CT molecular complexity index is 2760. The first-order chi connectivity index (χ1) is 43.4. The van der Waals surface area contributed by atoms with Crippen molar-refractivity contribution in [1.82, 2.24) is 15.5 Å². The molecule has 0 bridgehead atoms. The number of carbonyl (C=O) groups is 3. The number of amides is 3. The molecule has 0 atom stereocenters. The minimum atomic E-state index is -0.331. The van der Waals surface area contributed by atoms with Crippen LogP contribution in [0.4, 0.5) is 0 Å². The molecule has 88 heavy (non-hydrogen) atoms. The third-order valence-corrected chi connectivity index (χ3v) is 16.6. The summed E-state index contributed by atoms with van der Waals surface area (Å²) in [7, 11) is 0. The second-order valence-electron chi connectivity index (χ2n) is 23.9. The molecule has 0 saturated heterocycles. The molecule has 0 unspecified atom stereocenters. The van der Waals surface area contributed by atoms with Crippen molar-refractivity contribution in [3.63, 3.8) is 0 Å². The first-order valence-electron chi connectivity index (χ1n) is 34.5. The summed E-state index contributed by atoms with van der Waals surface area (Å²) in [5.74, 6) is 3.16. The summed E-state index contributed by atoms with van der Waals surface area (Å²) in [5, 5.41) is 11.2. The monoisotopic (exact) mass is 1210 g/mol. The second-order valence-corrected chi connectivity index (χ2v) is 23.9. The molecule has 482 valence electrons. The number of fused-ring (bicyclic) bond motifs is 3. The summed E-state index contributed by atoms with van der Waals surface area (Å²) >= 11 is 0. The highest BCUT2D eigenvalue weighted by molar-refractivity contribution is 5.95. The van der Waals surface area contributed by atoms with Crippen molar-refractivity contribution in [3.05, 3.63) is 109 Å². The molecule has 0 aliphatic rings. The Labute approximate surface area is 528 Å². The van der Waals surface area contributed by atoms with E-state index < -0.39 is 0 Å². The van der Waals surface area contributed by atoms with E-state index in [9.17, 15) is 14.4 Å². The molecule has 12 heteroatoms. The first kappa shape index (κ1) is 70.4. The van der Waals surface area contributed by atoms with E-state index >= 15 is 0 Å². The van der Waals surface area contributed by atoms with Crippen LogP contribution in [-0.2, 0) is 14.4 Å². The lowest BCUT2D eigenvalue weighted by atomic mass is 10.1. The highest BCUT2D eigenvalue weighted by Gasteiger charge is 2.18. The van der Waals surface area contributed by atoms with Gasteiger partial charge in [0.05, 0.1) is 19.8 Å². The summed E-state index contributed by atoms with van der Waals surface area (Å²) in [4.78, 5) is 42.5. The van der Waals surface area contributed by atoms with Crippen LogP contribution in [0, 0.1) is 0 Å². The van der Waals surface area contributed by atoms with Crippen LogP contribution >= 0.6 is 0 Å². The van der Waals surface area contributed by atoms with E-state index in [2.05, 4.69) is 31.4 Å². The van der Waals surface area contributed by atoms with Gasteiger partial charge in [-0.05, 0) is 55.7 Å². The molecule has 3 amide bonds. The third-order valence-electron chi connectivity index (χ3n) is 16.6. The van der Waals surface area contributed by atoms with E-state index in [1.807, 2.05) is 109 Å². The summed E-state index contributed by atoms with van der Waals surface area (Å²) in [5.41, 5.74) is 0. The van der Waals surface area contributed by atoms with Gasteiger partial charge in [-0.15, -0.1) is 0 Å². The van der Waals surface area contributed by atoms with Gasteiger partial charge in [-0.2, -0.15) is 0 Å². The van der Waals surface area contributed by atoms with Gasteiger partial charge < -0.3 is 44.0 Å². The van der Waals surface area contributed by atoms with E-state index in [0.717, 1.165) is 88.1 Å². The number of carbonyl (C=O) groups excluding carboxylic acids is 3. The molecule has 2 N–H and O–H groups in total. The molecule has 0 saturated carbocycles. The van der Waals surface area contributed by atoms with E-state index in [0.29, 0.717) is 37.1 Å². The first-order valence-corrected chi connectivity index (χ1v) is 34.5. The van der Waals surface area contributed by atoms with Crippen molar-refractivity contribution in [1.29, 1.82) is 0 Å². The number of nitrogens with one attached hydrogen (secondary N) is 2. The number of rotatable bonds is 51.